The van der Waals surface area contributed by atoms with E-state index in [0.717, 1.165) is 31.7 Å². The molecule has 15 heavy (non-hydrogen) atoms. The number of nitrogens with two attached hydrogens (primary N) is 1. The van der Waals surface area contributed by atoms with E-state index in [4.69, 9.17) is 5.84 Å². The maximum atomic E-state index is 5.21. The number of hydrazine groups is 1. The van der Waals surface area contributed by atoms with Crippen LogP contribution < -0.4 is 11.3 Å². The summed E-state index contributed by atoms with van der Waals surface area (Å²) < 4.78 is 0. The highest BCUT2D eigenvalue weighted by atomic mass is 15.3. The lowest BCUT2D eigenvalue weighted by atomic mass is 10.3. The fourth-order valence-corrected chi connectivity index (χ4v) is 1.41. The normalized spacial score (nSPS) is 10.7. The molecule has 1 heterocycles. The summed E-state index contributed by atoms with van der Waals surface area (Å²) >= 11 is 0. The number of rotatable bonds is 6. The van der Waals surface area contributed by atoms with Crippen LogP contribution in [0.25, 0.3) is 0 Å². The average Bonchev–Trinajstić information content (AvgIpc) is 2.29. The maximum Gasteiger partial charge on any atom is 0.158 e. The number of nitrogen functional groups attached to an aromatic ring is 1. The number of aromatic nitrogens is 2. The molecule has 0 fully saturated rings. The Morgan fingerprint density at radius 3 is 2.60 bits per heavy atom. The van der Waals surface area contributed by atoms with Gasteiger partial charge in [-0.2, -0.15) is 0 Å². The first-order chi connectivity index (χ1) is 7.30. The molecule has 0 amide bonds. The predicted molar refractivity (Wildman–Crippen MR) is 61.1 cm³/mol. The minimum atomic E-state index is 0.595. The summed E-state index contributed by atoms with van der Waals surface area (Å²) in [6.45, 7) is 7.30. The highest BCUT2D eigenvalue weighted by molar-refractivity contribution is 5.28. The molecule has 1 aromatic heterocycles. The Hall–Kier alpha value is -1.20. The van der Waals surface area contributed by atoms with E-state index in [2.05, 4.69) is 34.1 Å². The van der Waals surface area contributed by atoms with Crippen molar-refractivity contribution in [2.45, 2.75) is 26.8 Å². The van der Waals surface area contributed by atoms with Gasteiger partial charge in [0.15, 0.2) is 5.82 Å². The van der Waals surface area contributed by atoms with E-state index in [9.17, 15) is 0 Å². The van der Waals surface area contributed by atoms with E-state index >= 15 is 0 Å². The van der Waals surface area contributed by atoms with E-state index in [0.29, 0.717) is 5.82 Å². The van der Waals surface area contributed by atoms with Crippen LogP contribution in [0.2, 0.25) is 0 Å². The number of nitrogens with zero attached hydrogens (tertiary/aromatic N) is 3. The zero-order valence-corrected chi connectivity index (χ0v) is 9.40. The monoisotopic (exact) mass is 209 g/mol. The van der Waals surface area contributed by atoms with Gasteiger partial charge in [0.05, 0.1) is 18.1 Å². The van der Waals surface area contributed by atoms with Gasteiger partial charge in [-0.3, -0.25) is 9.88 Å². The fraction of sp³-hybridized carbons (Fsp3) is 0.600. The molecule has 0 saturated heterocycles. The van der Waals surface area contributed by atoms with Crippen LogP contribution >= 0.6 is 0 Å². The quantitative estimate of drug-likeness (QED) is 0.540. The number of anilines is 1. The molecule has 0 spiro atoms. The van der Waals surface area contributed by atoms with Crippen molar-refractivity contribution in [2.75, 3.05) is 18.5 Å². The smallest absolute Gasteiger partial charge is 0.158 e. The van der Waals surface area contributed by atoms with E-state index in [1.165, 1.54) is 0 Å². The summed E-state index contributed by atoms with van der Waals surface area (Å²) in [5, 5.41) is 0. The summed E-state index contributed by atoms with van der Waals surface area (Å²) in [6, 6.07) is 0. The molecule has 0 unspecified atom stereocenters. The Labute approximate surface area is 90.7 Å². The van der Waals surface area contributed by atoms with E-state index in [1.807, 2.05) is 0 Å². The van der Waals surface area contributed by atoms with Gasteiger partial charge in [0.1, 0.15) is 0 Å². The Morgan fingerprint density at radius 2 is 2.13 bits per heavy atom. The summed E-state index contributed by atoms with van der Waals surface area (Å²) in [5.41, 5.74) is 3.44. The molecule has 0 radical (unpaired) electrons. The molecule has 5 heteroatoms. The van der Waals surface area contributed by atoms with Gasteiger partial charge < -0.3 is 5.43 Å². The lowest BCUT2D eigenvalue weighted by Crippen LogP contribution is -2.24. The standard InChI is InChI=1S/C10H19N5/c1-3-5-15(4-2)8-9-6-13-10(14-11)7-12-9/h6-7H,3-5,8,11H2,1-2H3,(H,13,14). The average molecular weight is 209 g/mol. The van der Waals surface area contributed by atoms with Crippen molar-refractivity contribution in [1.82, 2.24) is 14.9 Å². The van der Waals surface area contributed by atoms with Gasteiger partial charge in [0.2, 0.25) is 0 Å². The van der Waals surface area contributed by atoms with Crippen LogP contribution in [0, 0.1) is 0 Å². The van der Waals surface area contributed by atoms with Crippen LogP contribution in [-0.2, 0) is 6.54 Å². The highest BCUT2D eigenvalue weighted by Crippen LogP contribution is 2.03. The summed E-state index contributed by atoms with van der Waals surface area (Å²) in [7, 11) is 0. The first-order valence-corrected chi connectivity index (χ1v) is 5.30. The molecule has 0 saturated carbocycles. The minimum Gasteiger partial charge on any atom is -0.307 e. The topological polar surface area (TPSA) is 67.1 Å². The Balaban J connectivity index is 2.55. The van der Waals surface area contributed by atoms with Gasteiger partial charge in [-0.15, -0.1) is 0 Å². The minimum absolute atomic E-state index is 0.595. The van der Waals surface area contributed by atoms with Gasteiger partial charge >= 0.3 is 0 Å². The number of hydrogen-bond acceptors (Lipinski definition) is 5. The lowest BCUT2D eigenvalue weighted by Gasteiger charge is -2.18. The molecule has 0 aromatic carbocycles. The van der Waals surface area contributed by atoms with Crippen LogP contribution in [-0.4, -0.2) is 28.0 Å². The van der Waals surface area contributed by atoms with Crippen molar-refractivity contribution >= 4 is 5.82 Å². The summed E-state index contributed by atoms with van der Waals surface area (Å²) in [4.78, 5) is 10.7. The van der Waals surface area contributed by atoms with Gasteiger partial charge in [-0.25, -0.2) is 10.8 Å². The second-order valence-electron chi connectivity index (χ2n) is 3.41. The fourth-order valence-electron chi connectivity index (χ4n) is 1.41. The molecule has 0 aliphatic heterocycles. The second-order valence-corrected chi connectivity index (χ2v) is 3.41. The van der Waals surface area contributed by atoms with E-state index in [1.54, 1.807) is 12.4 Å². The molecule has 5 nitrogen and oxygen atoms in total. The van der Waals surface area contributed by atoms with Crippen molar-refractivity contribution in [3.8, 4) is 0 Å². The van der Waals surface area contributed by atoms with Crippen LogP contribution in [0.3, 0.4) is 0 Å². The van der Waals surface area contributed by atoms with Crippen molar-refractivity contribution in [1.29, 1.82) is 0 Å². The maximum absolute atomic E-state index is 5.21. The molecule has 0 bridgehead atoms. The molecule has 0 atom stereocenters. The van der Waals surface area contributed by atoms with Crippen molar-refractivity contribution < 1.29 is 0 Å². The molecule has 84 valence electrons. The van der Waals surface area contributed by atoms with Crippen LogP contribution in [0.1, 0.15) is 26.0 Å². The van der Waals surface area contributed by atoms with Crippen LogP contribution in [0.5, 0.6) is 0 Å². The third kappa shape index (κ3) is 3.81. The van der Waals surface area contributed by atoms with E-state index in [-0.39, 0.29) is 0 Å². The van der Waals surface area contributed by atoms with Crippen molar-refractivity contribution in [3.05, 3.63) is 18.1 Å². The van der Waals surface area contributed by atoms with Crippen molar-refractivity contribution in [3.63, 3.8) is 0 Å². The van der Waals surface area contributed by atoms with Crippen LogP contribution in [0.4, 0.5) is 5.82 Å². The van der Waals surface area contributed by atoms with Crippen LogP contribution in [0.15, 0.2) is 12.4 Å². The Kier molecular flexibility index (Phi) is 5.00. The number of hydrogen-bond donors (Lipinski definition) is 2. The summed E-state index contributed by atoms with van der Waals surface area (Å²) in [5.74, 6) is 5.81. The van der Waals surface area contributed by atoms with Crippen molar-refractivity contribution in [2.24, 2.45) is 5.84 Å². The Bertz CT molecular complexity index is 272. The molecular weight excluding hydrogens is 190 g/mol. The first-order valence-electron chi connectivity index (χ1n) is 5.30. The SMILES string of the molecule is CCCN(CC)Cc1cnc(NN)cn1. The number of nitrogens with one attached hydrogen (secondary N) is 1. The predicted octanol–water partition coefficient (Wildman–Crippen LogP) is 0.994. The summed E-state index contributed by atoms with van der Waals surface area (Å²) in [6.07, 6.45) is 4.56. The third-order valence-corrected chi connectivity index (χ3v) is 2.23. The molecule has 1 aromatic rings. The van der Waals surface area contributed by atoms with Gasteiger partial charge in [-0.1, -0.05) is 13.8 Å². The zero-order valence-electron chi connectivity index (χ0n) is 9.40. The Morgan fingerprint density at radius 1 is 1.33 bits per heavy atom. The largest absolute Gasteiger partial charge is 0.307 e. The molecule has 0 aliphatic rings. The lowest BCUT2D eigenvalue weighted by molar-refractivity contribution is 0.277. The first kappa shape index (κ1) is 11.9. The molecule has 1 rings (SSSR count). The third-order valence-electron chi connectivity index (χ3n) is 2.23. The zero-order chi connectivity index (χ0) is 11.1. The van der Waals surface area contributed by atoms with Gasteiger partial charge in [0, 0.05) is 6.54 Å². The van der Waals surface area contributed by atoms with E-state index < -0.39 is 0 Å². The molecular formula is C10H19N5. The van der Waals surface area contributed by atoms with Gasteiger partial charge in [-0.05, 0) is 19.5 Å². The second kappa shape index (κ2) is 6.31. The highest BCUT2D eigenvalue weighted by Gasteiger charge is 2.03. The molecule has 3 N–H and O–H groups in total. The van der Waals surface area contributed by atoms with Gasteiger partial charge in [0.25, 0.3) is 0 Å². The molecule has 0 aliphatic carbocycles.